The second-order valence-electron chi connectivity index (χ2n) is 3.23. The summed E-state index contributed by atoms with van der Waals surface area (Å²) in [6.45, 7) is 0. The largest absolute Gasteiger partial charge is 0.469 e. The molecule has 1 aromatic carbocycles. The third kappa shape index (κ3) is 2.55. The van der Waals surface area contributed by atoms with Crippen molar-refractivity contribution in [1.82, 2.24) is 9.97 Å². The maximum absolute atomic E-state index is 10.9. The van der Waals surface area contributed by atoms with Crippen LogP contribution >= 0.6 is 11.8 Å². The van der Waals surface area contributed by atoms with Gasteiger partial charge in [-0.2, -0.15) is 0 Å². The summed E-state index contributed by atoms with van der Waals surface area (Å²) < 4.78 is 4.56. The molecular weight excluding hydrogens is 224 g/mol. The van der Waals surface area contributed by atoms with Crippen LogP contribution in [0.2, 0.25) is 0 Å². The van der Waals surface area contributed by atoms with Crippen molar-refractivity contribution in [2.24, 2.45) is 0 Å². The molecule has 0 aliphatic rings. The Labute approximate surface area is 97.4 Å². The van der Waals surface area contributed by atoms with Gasteiger partial charge in [-0.05, 0) is 12.1 Å². The number of fused-ring (bicyclic) bond motifs is 1. The zero-order valence-corrected chi connectivity index (χ0v) is 9.71. The van der Waals surface area contributed by atoms with E-state index in [1.807, 2.05) is 24.3 Å². The molecule has 1 N–H and O–H groups in total. The van der Waals surface area contributed by atoms with Gasteiger partial charge in [-0.1, -0.05) is 23.9 Å². The number of esters is 1. The molecule has 0 unspecified atom stereocenters. The molecule has 2 rings (SSSR count). The van der Waals surface area contributed by atoms with Gasteiger partial charge in [-0.25, -0.2) is 4.98 Å². The molecule has 0 aliphatic heterocycles. The SMILES string of the molecule is COC(=O)CCSc1nc2ccccc2[nH]1. The number of methoxy groups -OCH3 is 1. The van der Waals surface area contributed by atoms with Crippen molar-refractivity contribution in [3.8, 4) is 0 Å². The number of thioether (sulfide) groups is 1. The van der Waals surface area contributed by atoms with E-state index < -0.39 is 0 Å². The van der Waals surface area contributed by atoms with Gasteiger partial charge in [0.05, 0.1) is 24.6 Å². The van der Waals surface area contributed by atoms with Crippen LogP contribution in [0.5, 0.6) is 0 Å². The average molecular weight is 236 g/mol. The predicted octanol–water partition coefficient (Wildman–Crippen LogP) is 2.22. The first-order valence-electron chi connectivity index (χ1n) is 4.94. The minimum Gasteiger partial charge on any atom is -0.469 e. The molecule has 0 saturated carbocycles. The standard InChI is InChI=1S/C11H12N2O2S/c1-15-10(14)6-7-16-11-12-8-4-2-3-5-9(8)13-11/h2-5H,6-7H2,1H3,(H,12,13). The van der Waals surface area contributed by atoms with Crippen LogP contribution in [0.3, 0.4) is 0 Å². The van der Waals surface area contributed by atoms with Crippen molar-refractivity contribution in [3.05, 3.63) is 24.3 Å². The Balaban J connectivity index is 1.97. The average Bonchev–Trinajstić information content (AvgIpc) is 2.71. The summed E-state index contributed by atoms with van der Waals surface area (Å²) in [4.78, 5) is 18.5. The summed E-state index contributed by atoms with van der Waals surface area (Å²) in [5.74, 6) is 0.482. The Kier molecular flexibility index (Phi) is 3.46. The number of aromatic nitrogens is 2. The van der Waals surface area contributed by atoms with Gasteiger partial charge in [-0.15, -0.1) is 0 Å². The van der Waals surface area contributed by atoms with Gasteiger partial charge in [0.25, 0.3) is 0 Å². The summed E-state index contributed by atoms with van der Waals surface area (Å²) in [5.41, 5.74) is 1.96. The number of ether oxygens (including phenoxy) is 1. The van der Waals surface area contributed by atoms with Crippen molar-refractivity contribution in [1.29, 1.82) is 0 Å². The molecule has 0 bridgehead atoms. The minimum absolute atomic E-state index is 0.191. The van der Waals surface area contributed by atoms with Crippen molar-refractivity contribution in [2.45, 2.75) is 11.6 Å². The molecular formula is C11H12N2O2S. The Hall–Kier alpha value is -1.49. The first-order chi connectivity index (χ1) is 7.79. The number of para-hydroxylation sites is 2. The molecule has 1 heterocycles. The highest BCUT2D eigenvalue weighted by molar-refractivity contribution is 7.99. The van der Waals surface area contributed by atoms with Crippen molar-refractivity contribution in [2.75, 3.05) is 12.9 Å². The predicted molar refractivity (Wildman–Crippen MR) is 63.5 cm³/mol. The number of nitrogens with zero attached hydrogens (tertiary/aromatic N) is 1. The van der Waals surface area contributed by atoms with Gasteiger partial charge >= 0.3 is 5.97 Å². The minimum atomic E-state index is -0.191. The highest BCUT2D eigenvalue weighted by Crippen LogP contribution is 2.19. The van der Waals surface area contributed by atoms with Gasteiger partial charge in [0.15, 0.2) is 5.16 Å². The molecule has 1 aromatic heterocycles. The molecule has 0 radical (unpaired) electrons. The number of rotatable bonds is 4. The van der Waals surface area contributed by atoms with Crippen LogP contribution in [-0.2, 0) is 9.53 Å². The van der Waals surface area contributed by atoms with E-state index in [4.69, 9.17) is 0 Å². The number of carbonyl (C=O) groups is 1. The molecule has 0 aliphatic carbocycles. The topological polar surface area (TPSA) is 55.0 Å². The van der Waals surface area contributed by atoms with E-state index in [2.05, 4.69) is 14.7 Å². The van der Waals surface area contributed by atoms with Crippen LogP contribution in [0.4, 0.5) is 0 Å². The molecule has 0 atom stereocenters. The highest BCUT2D eigenvalue weighted by atomic mass is 32.2. The second-order valence-corrected chi connectivity index (χ2v) is 4.32. The molecule has 0 amide bonds. The van der Waals surface area contributed by atoms with E-state index in [0.717, 1.165) is 16.2 Å². The zero-order chi connectivity index (χ0) is 11.4. The molecule has 0 saturated heterocycles. The number of H-pyrrole nitrogens is 1. The van der Waals surface area contributed by atoms with Crippen molar-refractivity contribution in [3.63, 3.8) is 0 Å². The van der Waals surface area contributed by atoms with E-state index >= 15 is 0 Å². The van der Waals surface area contributed by atoms with Crippen LogP contribution in [-0.4, -0.2) is 28.8 Å². The third-order valence-corrected chi connectivity index (χ3v) is 3.02. The van der Waals surface area contributed by atoms with E-state index in [9.17, 15) is 4.79 Å². The number of carbonyl (C=O) groups excluding carboxylic acids is 1. The fraction of sp³-hybridized carbons (Fsp3) is 0.273. The number of benzene rings is 1. The van der Waals surface area contributed by atoms with Gasteiger partial charge in [0.2, 0.25) is 0 Å². The number of hydrogen-bond acceptors (Lipinski definition) is 4. The second kappa shape index (κ2) is 5.03. The zero-order valence-electron chi connectivity index (χ0n) is 8.90. The fourth-order valence-electron chi connectivity index (χ4n) is 1.33. The Bertz CT molecular complexity index is 462. The maximum Gasteiger partial charge on any atom is 0.306 e. The number of nitrogens with one attached hydrogen (secondary N) is 1. The van der Waals surface area contributed by atoms with Gasteiger partial charge < -0.3 is 9.72 Å². The summed E-state index contributed by atoms with van der Waals surface area (Å²) in [6, 6.07) is 7.85. The van der Waals surface area contributed by atoms with E-state index in [1.165, 1.54) is 18.9 Å². The van der Waals surface area contributed by atoms with Crippen molar-refractivity contribution < 1.29 is 9.53 Å². The van der Waals surface area contributed by atoms with E-state index in [0.29, 0.717) is 12.2 Å². The molecule has 4 nitrogen and oxygen atoms in total. The fourth-order valence-corrected chi connectivity index (χ4v) is 2.14. The lowest BCUT2D eigenvalue weighted by molar-refractivity contribution is -0.140. The number of aromatic amines is 1. The summed E-state index contributed by atoms with van der Waals surface area (Å²) in [6.07, 6.45) is 0.401. The molecule has 16 heavy (non-hydrogen) atoms. The summed E-state index contributed by atoms with van der Waals surface area (Å²) in [7, 11) is 1.40. The van der Waals surface area contributed by atoms with Crippen molar-refractivity contribution >= 4 is 28.8 Å². The maximum atomic E-state index is 10.9. The molecule has 2 aromatic rings. The normalized spacial score (nSPS) is 10.6. The molecule has 5 heteroatoms. The quantitative estimate of drug-likeness (QED) is 0.653. The van der Waals surface area contributed by atoms with Crippen LogP contribution < -0.4 is 0 Å². The number of hydrogen-bond donors (Lipinski definition) is 1. The van der Waals surface area contributed by atoms with Gasteiger partial charge in [0.1, 0.15) is 0 Å². The smallest absolute Gasteiger partial charge is 0.306 e. The summed E-state index contributed by atoms with van der Waals surface area (Å²) in [5, 5.41) is 0.838. The van der Waals surface area contributed by atoms with Crippen LogP contribution in [0, 0.1) is 0 Å². The monoisotopic (exact) mass is 236 g/mol. The van der Waals surface area contributed by atoms with E-state index in [1.54, 1.807) is 0 Å². The Morgan fingerprint density at radius 2 is 2.31 bits per heavy atom. The molecule has 0 fully saturated rings. The summed E-state index contributed by atoms with van der Waals surface area (Å²) >= 11 is 1.52. The van der Waals surface area contributed by atoms with Crippen LogP contribution in [0.1, 0.15) is 6.42 Å². The Morgan fingerprint density at radius 3 is 3.06 bits per heavy atom. The lowest BCUT2D eigenvalue weighted by Crippen LogP contribution is -2.01. The molecule has 84 valence electrons. The van der Waals surface area contributed by atoms with E-state index in [-0.39, 0.29) is 5.97 Å². The lowest BCUT2D eigenvalue weighted by Gasteiger charge is -1.96. The first-order valence-corrected chi connectivity index (χ1v) is 5.92. The number of imidazole rings is 1. The lowest BCUT2D eigenvalue weighted by atomic mass is 10.3. The molecule has 0 spiro atoms. The highest BCUT2D eigenvalue weighted by Gasteiger charge is 2.04. The van der Waals surface area contributed by atoms with Gasteiger partial charge in [0, 0.05) is 5.75 Å². The Morgan fingerprint density at radius 1 is 1.50 bits per heavy atom. The van der Waals surface area contributed by atoms with Gasteiger partial charge in [-0.3, -0.25) is 4.79 Å². The first kappa shape index (κ1) is 11.0. The van der Waals surface area contributed by atoms with Crippen LogP contribution in [0.15, 0.2) is 29.4 Å². The van der Waals surface area contributed by atoms with Crippen LogP contribution in [0.25, 0.3) is 11.0 Å². The third-order valence-electron chi connectivity index (χ3n) is 2.14.